The van der Waals surface area contributed by atoms with Crippen LogP contribution in [0.2, 0.25) is 0 Å². The van der Waals surface area contributed by atoms with Crippen LogP contribution < -0.4 is 4.90 Å². The molecule has 1 amide bonds. The highest BCUT2D eigenvalue weighted by Gasteiger charge is 2.28. The average Bonchev–Trinajstić information content (AvgIpc) is 3.29. The first-order chi connectivity index (χ1) is 13.7. The first-order valence-electron chi connectivity index (χ1n) is 9.58. The standard InChI is InChI=1S/C20H21N5OS2/c1-13-18(28-19(21-13)16-3-2-12-27-16)20(26)25-10-8-24(9-11-25)17-7-6-15(22-23-17)14-4-5-14/h2-3,6-7,12,14H,4-5,8-11H2,1H3. The van der Waals surface area contributed by atoms with Crippen LogP contribution in [0.25, 0.3) is 9.88 Å². The maximum atomic E-state index is 13.0. The van der Waals surface area contributed by atoms with Crippen LogP contribution in [0.3, 0.4) is 0 Å². The molecule has 2 aliphatic rings. The Labute approximate surface area is 171 Å². The molecule has 6 nitrogen and oxygen atoms in total. The van der Waals surface area contributed by atoms with Crippen LogP contribution in [0, 0.1) is 6.92 Å². The van der Waals surface area contributed by atoms with Gasteiger partial charge in [-0.3, -0.25) is 4.79 Å². The molecule has 0 radical (unpaired) electrons. The van der Waals surface area contributed by atoms with E-state index in [9.17, 15) is 4.79 Å². The maximum absolute atomic E-state index is 13.0. The van der Waals surface area contributed by atoms with Gasteiger partial charge in [0.25, 0.3) is 5.91 Å². The number of anilines is 1. The van der Waals surface area contributed by atoms with E-state index < -0.39 is 0 Å². The number of thiazole rings is 1. The summed E-state index contributed by atoms with van der Waals surface area (Å²) in [7, 11) is 0. The summed E-state index contributed by atoms with van der Waals surface area (Å²) in [5.74, 6) is 1.62. The Hall–Kier alpha value is -2.32. The fourth-order valence-corrected chi connectivity index (χ4v) is 5.31. The molecule has 144 valence electrons. The van der Waals surface area contributed by atoms with Crippen LogP contribution in [0.5, 0.6) is 0 Å². The Balaban J connectivity index is 1.24. The molecule has 0 aromatic carbocycles. The van der Waals surface area contributed by atoms with E-state index in [2.05, 4.69) is 32.2 Å². The Morgan fingerprint density at radius 1 is 1.11 bits per heavy atom. The van der Waals surface area contributed by atoms with E-state index in [1.807, 2.05) is 29.3 Å². The summed E-state index contributed by atoms with van der Waals surface area (Å²) < 4.78 is 0. The smallest absolute Gasteiger partial charge is 0.265 e. The SMILES string of the molecule is Cc1nc(-c2cccs2)sc1C(=O)N1CCN(c2ccc(C3CC3)nn2)CC1. The molecule has 3 aromatic heterocycles. The van der Waals surface area contributed by atoms with Crippen LogP contribution in [0.15, 0.2) is 29.6 Å². The van der Waals surface area contributed by atoms with Crippen molar-refractivity contribution >= 4 is 34.4 Å². The first kappa shape index (κ1) is 17.8. The van der Waals surface area contributed by atoms with E-state index in [0.29, 0.717) is 19.0 Å². The molecule has 0 atom stereocenters. The second-order valence-electron chi connectivity index (χ2n) is 7.28. The number of nitrogens with zero attached hydrogens (tertiary/aromatic N) is 5. The molecular weight excluding hydrogens is 390 g/mol. The third-order valence-electron chi connectivity index (χ3n) is 5.28. The van der Waals surface area contributed by atoms with Gasteiger partial charge in [-0.2, -0.15) is 5.10 Å². The lowest BCUT2D eigenvalue weighted by molar-refractivity contribution is 0.0750. The lowest BCUT2D eigenvalue weighted by Crippen LogP contribution is -2.49. The Morgan fingerprint density at radius 3 is 2.57 bits per heavy atom. The third kappa shape index (κ3) is 3.42. The van der Waals surface area contributed by atoms with E-state index in [-0.39, 0.29) is 5.91 Å². The van der Waals surface area contributed by atoms with Crippen molar-refractivity contribution in [3.8, 4) is 9.88 Å². The van der Waals surface area contributed by atoms with Gasteiger partial charge >= 0.3 is 0 Å². The third-order valence-corrected chi connectivity index (χ3v) is 7.46. The van der Waals surface area contributed by atoms with E-state index in [4.69, 9.17) is 0 Å². The number of aromatic nitrogens is 3. The number of hydrogen-bond donors (Lipinski definition) is 0. The number of hydrogen-bond acceptors (Lipinski definition) is 7. The number of amides is 1. The summed E-state index contributed by atoms with van der Waals surface area (Å²) in [5, 5.41) is 11.7. The lowest BCUT2D eigenvalue weighted by atomic mass is 10.2. The van der Waals surface area contributed by atoms with Gasteiger partial charge in [-0.15, -0.1) is 27.8 Å². The molecule has 4 heterocycles. The Bertz CT molecular complexity index is 971. The zero-order chi connectivity index (χ0) is 19.1. The van der Waals surface area contributed by atoms with Crippen LogP contribution in [-0.4, -0.2) is 52.2 Å². The van der Waals surface area contributed by atoms with Gasteiger partial charge < -0.3 is 9.80 Å². The van der Waals surface area contributed by atoms with E-state index in [0.717, 1.165) is 45.1 Å². The van der Waals surface area contributed by atoms with Gasteiger partial charge in [0.2, 0.25) is 0 Å². The molecule has 1 saturated heterocycles. The molecule has 0 bridgehead atoms. The largest absolute Gasteiger partial charge is 0.352 e. The zero-order valence-corrected chi connectivity index (χ0v) is 17.3. The number of carbonyl (C=O) groups excluding carboxylic acids is 1. The summed E-state index contributed by atoms with van der Waals surface area (Å²) >= 11 is 3.15. The van der Waals surface area contributed by atoms with Crippen molar-refractivity contribution in [2.45, 2.75) is 25.7 Å². The quantitative estimate of drug-likeness (QED) is 0.653. The zero-order valence-electron chi connectivity index (χ0n) is 15.7. The number of aryl methyl sites for hydroxylation is 1. The molecule has 1 aliphatic heterocycles. The molecule has 1 saturated carbocycles. The first-order valence-corrected chi connectivity index (χ1v) is 11.3. The highest BCUT2D eigenvalue weighted by molar-refractivity contribution is 7.22. The second-order valence-corrected chi connectivity index (χ2v) is 9.23. The average molecular weight is 412 g/mol. The van der Waals surface area contributed by atoms with Crippen LogP contribution in [0.1, 0.15) is 39.8 Å². The van der Waals surface area contributed by atoms with Gasteiger partial charge in [0.1, 0.15) is 9.88 Å². The summed E-state index contributed by atoms with van der Waals surface area (Å²) in [4.78, 5) is 23.7. The lowest BCUT2D eigenvalue weighted by Gasteiger charge is -2.35. The summed E-state index contributed by atoms with van der Waals surface area (Å²) in [6.45, 7) is 4.86. The van der Waals surface area contributed by atoms with E-state index in [1.54, 1.807) is 11.3 Å². The van der Waals surface area contributed by atoms with Gasteiger partial charge in [-0.1, -0.05) is 6.07 Å². The number of carbonyl (C=O) groups is 1. The number of rotatable bonds is 4. The van der Waals surface area contributed by atoms with Crippen molar-refractivity contribution in [2.75, 3.05) is 31.1 Å². The van der Waals surface area contributed by atoms with Crippen molar-refractivity contribution in [1.82, 2.24) is 20.1 Å². The molecule has 2 fully saturated rings. The number of thiophene rings is 1. The Kier molecular flexibility index (Phi) is 4.60. The highest BCUT2D eigenvalue weighted by Crippen LogP contribution is 2.38. The minimum atomic E-state index is 0.0904. The van der Waals surface area contributed by atoms with Crippen molar-refractivity contribution < 1.29 is 4.79 Å². The summed E-state index contributed by atoms with van der Waals surface area (Å²) in [6, 6.07) is 8.23. The van der Waals surface area contributed by atoms with Crippen molar-refractivity contribution in [3.05, 3.63) is 45.9 Å². The van der Waals surface area contributed by atoms with Gasteiger partial charge in [0.15, 0.2) is 5.82 Å². The van der Waals surface area contributed by atoms with Crippen LogP contribution in [-0.2, 0) is 0 Å². The molecule has 1 aliphatic carbocycles. The van der Waals surface area contributed by atoms with Gasteiger partial charge in [0, 0.05) is 32.1 Å². The van der Waals surface area contributed by atoms with Crippen molar-refractivity contribution in [3.63, 3.8) is 0 Å². The molecule has 3 aromatic rings. The topological polar surface area (TPSA) is 62.2 Å². The van der Waals surface area contributed by atoms with Crippen LogP contribution in [0.4, 0.5) is 5.82 Å². The monoisotopic (exact) mass is 411 g/mol. The van der Waals surface area contributed by atoms with E-state index >= 15 is 0 Å². The molecule has 8 heteroatoms. The second kappa shape index (κ2) is 7.25. The van der Waals surface area contributed by atoms with Gasteiger partial charge in [-0.05, 0) is 43.3 Å². The fraction of sp³-hybridized carbons (Fsp3) is 0.400. The summed E-state index contributed by atoms with van der Waals surface area (Å²) in [6.07, 6.45) is 2.47. The normalized spacial score (nSPS) is 17.2. The van der Waals surface area contributed by atoms with E-state index in [1.165, 1.54) is 24.2 Å². The molecular formula is C20H21N5OS2. The predicted molar refractivity (Wildman–Crippen MR) is 112 cm³/mol. The Morgan fingerprint density at radius 2 is 1.93 bits per heavy atom. The molecule has 0 unspecified atom stereocenters. The molecule has 5 rings (SSSR count). The minimum absolute atomic E-state index is 0.0904. The maximum Gasteiger partial charge on any atom is 0.265 e. The molecule has 0 N–H and O–H groups in total. The van der Waals surface area contributed by atoms with Gasteiger partial charge in [0.05, 0.1) is 16.3 Å². The van der Waals surface area contributed by atoms with Crippen molar-refractivity contribution in [2.24, 2.45) is 0 Å². The minimum Gasteiger partial charge on any atom is -0.352 e. The van der Waals surface area contributed by atoms with Crippen molar-refractivity contribution in [1.29, 1.82) is 0 Å². The summed E-state index contributed by atoms with van der Waals surface area (Å²) in [5.41, 5.74) is 1.93. The fourth-order valence-electron chi connectivity index (χ4n) is 3.48. The predicted octanol–water partition coefficient (Wildman–Crippen LogP) is 3.81. The molecule has 28 heavy (non-hydrogen) atoms. The highest BCUT2D eigenvalue weighted by atomic mass is 32.1. The number of piperazine rings is 1. The van der Waals surface area contributed by atoms with Gasteiger partial charge in [-0.25, -0.2) is 4.98 Å². The van der Waals surface area contributed by atoms with Crippen LogP contribution >= 0.6 is 22.7 Å². The molecule has 0 spiro atoms.